The zero-order valence-electron chi connectivity index (χ0n) is 26.2. The van der Waals surface area contributed by atoms with Crippen molar-refractivity contribution in [2.45, 2.75) is 0 Å². The Kier molecular flexibility index (Phi) is 6.62. The monoisotopic (exact) mass is 613 g/mol. The van der Waals surface area contributed by atoms with Crippen LogP contribution in [-0.2, 0) is 0 Å². The molecule has 0 amide bonds. The Labute approximate surface area is 278 Å². The minimum Gasteiger partial charge on any atom is -0.309 e. The van der Waals surface area contributed by atoms with E-state index in [2.05, 4.69) is 137 Å². The van der Waals surface area contributed by atoms with Crippen molar-refractivity contribution in [2.24, 2.45) is 0 Å². The van der Waals surface area contributed by atoms with E-state index in [0.717, 1.165) is 33.5 Å². The second kappa shape index (κ2) is 11.4. The molecule has 0 aliphatic heterocycles. The van der Waals surface area contributed by atoms with Gasteiger partial charge >= 0.3 is 0 Å². The fourth-order valence-electron chi connectivity index (χ4n) is 7.09. The van der Waals surface area contributed by atoms with Crippen LogP contribution in [0.25, 0.3) is 72.2 Å². The lowest BCUT2D eigenvalue weighted by molar-refractivity contribution is 1.18. The molecule has 48 heavy (non-hydrogen) atoms. The number of nitrogens with zero attached hydrogens (tertiary/aromatic N) is 2. The number of nitrogens with one attached hydrogen (secondary N) is 1. The molecule has 0 aliphatic carbocycles. The average molecular weight is 614 g/mol. The predicted octanol–water partition coefficient (Wildman–Crippen LogP) is 11.6. The summed E-state index contributed by atoms with van der Waals surface area (Å²) >= 11 is 0. The van der Waals surface area contributed by atoms with Gasteiger partial charge in [-0.15, -0.1) is 0 Å². The van der Waals surface area contributed by atoms with Gasteiger partial charge in [0, 0.05) is 38.5 Å². The number of para-hydroxylation sites is 3. The Morgan fingerprint density at radius 2 is 0.917 bits per heavy atom. The first-order valence-corrected chi connectivity index (χ1v) is 16.3. The van der Waals surface area contributed by atoms with Gasteiger partial charge in [0.2, 0.25) is 0 Å². The van der Waals surface area contributed by atoms with Crippen LogP contribution in [0.5, 0.6) is 0 Å². The first-order chi connectivity index (χ1) is 23.7. The number of benzene rings is 7. The van der Waals surface area contributed by atoms with Crippen molar-refractivity contribution in [3.8, 4) is 22.5 Å². The van der Waals surface area contributed by atoms with Crippen molar-refractivity contribution in [1.82, 2.24) is 9.13 Å². The standard InChI is InChI=1S/C45H31N3/c46-41(25-22-31-12-3-1-4-13-31)34-14-11-17-36(28-34)48-43-21-10-8-19-38(43)40-30-33(24-27-45(40)48)32-23-26-44-39(29-32)37-18-7-9-20-42(37)47(44)35-15-5-2-6-16-35/h1-30,46H/b25-22+,46-41?. The molecule has 2 heterocycles. The fourth-order valence-corrected chi connectivity index (χ4v) is 7.09. The molecule has 9 rings (SSSR count). The molecule has 3 nitrogen and oxygen atoms in total. The van der Waals surface area contributed by atoms with Crippen molar-refractivity contribution in [3.63, 3.8) is 0 Å². The molecule has 9 aromatic rings. The molecule has 0 unspecified atom stereocenters. The molecule has 0 fully saturated rings. The molecule has 7 aromatic carbocycles. The lowest BCUT2D eigenvalue weighted by atomic mass is 10.0. The third-order valence-corrected chi connectivity index (χ3v) is 9.35. The van der Waals surface area contributed by atoms with Crippen molar-refractivity contribution >= 4 is 55.4 Å². The molecular weight excluding hydrogens is 583 g/mol. The van der Waals surface area contributed by atoms with E-state index in [1.54, 1.807) is 0 Å². The maximum Gasteiger partial charge on any atom is 0.0613 e. The molecule has 3 heteroatoms. The highest BCUT2D eigenvalue weighted by Crippen LogP contribution is 2.38. The van der Waals surface area contributed by atoms with Gasteiger partial charge in [0.15, 0.2) is 0 Å². The molecule has 0 saturated heterocycles. The molecular formula is C45H31N3. The summed E-state index contributed by atoms with van der Waals surface area (Å²) in [4.78, 5) is 0. The van der Waals surface area contributed by atoms with Gasteiger partial charge in [-0.3, -0.25) is 0 Å². The fraction of sp³-hybridized carbons (Fsp3) is 0. The van der Waals surface area contributed by atoms with Crippen molar-refractivity contribution < 1.29 is 0 Å². The summed E-state index contributed by atoms with van der Waals surface area (Å²) in [6.07, 6.45) is 3.87. The Balaban J connectivity index is 1.16. The largest absolute Gasteiger partial charge is 0.309 e. The zero-order chi connectivity index (χ0) is 32.0. The van der Waals surface area contributed by atoms with Crippen LogP contribution in [0.1, 0.15) is 11.1 Å². The quantitative estimate of drug-likeness (QED) is 0.181. The Morgan fingerprint density at radius 3 is 1.54 bits per heavy atom. The molecule has 0 saturated carbocycles. The van der Waals surface area contributed by atoms with Gasteiger partial charge in [0.25, 0.3) is 0 Å². The van der Waals surface area contributed by atoms with Gasteiger partial charge < -0.3 is 14.5 Å². The predicted molar refractivity (Wildman–Crippen MR) is 203 cm³/mol. The molecule has 0 atom stereocenters. The van der Waals surface area contributed by atoms with Gasteiger partial charge in [-0.1, -0.05) is 115 Å². The number of aromatic nitrogens is 2. The summed E-state index contributed by atoms with van der Waals surface area (Å²) in [7, 11) is 0. The topological polar surface area (TPSA) is 33.7 Å². The van der Waals surface area contributed by atoms with Crippen LogP contribution in [0.4, 0.5) is 0 Å². The highest BCUT2D eigenvalue weighted by Gasteiger charge is 2.16. The summed E-state index contributed by atoms with van der Waals surface area (Å²) in [6.45, 7) is 0. The van der Waals surface area contributed by atoms with Gasteiger partial charge in [-0.2, -0.15) is 0 Å². The summed E-state index contributed by atoms with van der Waals surface area (Å²) < 4.78 is 4.68. The Morgan fingerprint density at radius 1 is 0.417 bits per heavy atom. The van der Waals surface area contributed by atoms with Crippen LogP contribution in [0, 0.1) is 5.41 Å². The van der Waals surface area contributed by atoms with Crippen LogP contribution in [0.2, 0.25) is 0 Å². The SMILES string of the molecule is N=C(/C=C/c1ccccc1)c1cccc(-n2c3ccccc3c3cc(-c4ccc5c(c4)c4ccccc4n5-c4ccccc4)ccc32)c1. The molecule has 0 radical (unpaired) electrons. The van der Waals surface area contributed by atoms with Gasteiger partial charge in [-0.25, -0.2) is 0 Å². The van der Waals surface area contributed by atoms with E-state index in [1.807, 2.05) is 54.6 Å². The molecule has 0 aliphatic rings. The molecule has 0 spiro atoms. The third kappa shape index (κ3) is 4.64. The minimum absolute atomic E-state index is 0.479. The highest BCUT2D eigenvalue weighted by atomic mass is 15.0. The first kappa shape index (κ1) is 27.8. The number of hydrogen-bond donors (Lipinski definition) is 1. The second-order valence-electron chi connectivity index (χ2n) is 12.2. The smallest absolute Gasteiger partial charge is 0.0613 e. The molecule has 226 valence electrons. The lowest BCUT2D eigenvalue weighted by Crippen LogP contribution is -1.99. The maximum atomic E-state index is 8.81. The van der Waals surface area contributed by atoms with E-state index in [9.17, 15) is 0 Å². The van der Waals surface area contributed by atoms with Crippen LogP contribution in [0.15, 0.2) is 176 Å². The summed E-state index contributed by atoms with van der Waals surface area (Å²) in [6, 6.07) is 60.0. The van der Waals surface area contributed by atoms with E-state index in [-0.39, 0.29) is 0 Å². The lowest BCUT2D eigenvalue weighted by Gasteiger charge is -2.10. The summed E-state index contributed by atoms with van der Waals surface area (Å²) in [5, 5.41) is 13.7. The van der Waals surface area contributed by atoms with Crippen LogP contribution in [-0.4, -0.2) is 14.8 Å². The number of rotatable bonds is 6. The van der Waals surface area contributed by atoms with Gasteiger partial charge in [0.05, 0.1) is 27.8 Å². The number of allylic oxidation sites excluding steroid dienone is 1. The van der Waals surface area contributed by atoms with E-state index < -0.39 is 0 Å². The van der Waals surface area contributed by atoms with E-state index in [4.69, 9.17) is 5.41 Å². The van der Waals surface area contributed by atoms with Crippen molar-refractivity contribution in [3.05, 3.63) is 187 Å². The zero-order valence-corrected chi connectivity index (χ0v) is 26.2. The second-order valence-corrected chi connectivity index (χ2v) is 12.2. The number of hydrogen-bond acceptors (Lipinski definition) is 1. The van der Waals surface area contributed by atoms with E-state index in [1.165, 1.54) is 43.7 Å². The molecule has 0 bridgehead atoms. The van der Waals surface area contributed by atoms with Crippen molar-refractivity contribution in [1.29, 1.82) is 5.41 Å². The van der Waals surface area contributed by atoms with Crippen LogP contribution >= 0.6 is 0 Å². The van der Waals surface area contributed by atoms with Crippen LogP contribution in [0.3, 0.4) is 0 Å². The van der Waals surface area contributed by atoms with Gasteiger partial charge in [0.1, 0.15) is 0 Å². The van der Waals surface area contributed by atoms with Gasteiger partial charge in [-0.05, 0) is 83.4 Å². The summed E-state index contributed by atoms with van der Waals surface area (Å²) in [5.74, 6) is 0. The maximum absolute atomic E-state index is 8.81. The Bertz CT molecular complexity index is 2670. The van der Waals surface area contributed by atoms with E-state index >= 15 is 0 Å². The number of fused-ring (bicyclic) bond motifs is 6. The average Bonchev–Trinajstić information content (AvgIpc) is 3.67. The van der Waals surface area contributed by atoms with Crippen molar-refractivity contribution in [2.75, 3.05) is 0 Å². The summed E-state index contributed by atoms with van der Waals surface area (Å²) in [5.41, 5.74) is 11.7. The third-order valence-electron chi connectivity index (χ3n) is 9.35. The molecule has 1 N–H and O–H groups in total. The Hall–Kier alpha value is -6.45. The van der Waals surface area contributed by atoms with E-state index in [0.29, 0.717) is 5.71 Å². The van der Waals surface area contributed by atoms with Crippen LogP contribution < -0.4 is 0 Å². The first-order valence-electron chi connectivity index (χ1n) is 16.3. The normalized spacial score (nSPS) is 11.8. The minimum atomic E-state index is 0.479. The highest BCUT2D eigenvalue weighted by molar-refractivity contribution is 6.13. The molecule has 2 aromatic heterocycles.